The number of hydrogen-bond donors (Lipinski definition) is 1. The summed E-state index contributed by atoms with van der Waals surface area (Å²) in [6, 6.07) is 14.6. The second-order valence-corrected chi connectivity index (χ2v) is 7.58. The summed E-state index contributed by atoms with van der Waals surface area (Å²) in [7, 11) is 1.47. The quantitative estimate of drug-likeness (QED) is 0.178. The van der Waals surface area contributed by atoms with E-state index in [0.29, 0.717) is 32.1 Å². The number of carbonyl (C=O) groups is 1. The van der Waals surface area contributed by atoms with Crippen LogP contribution in [-0.4, -0.2) is 19.3 Å². The van der Waals surface area contributed by atoms with Crippen LogP contribution in [0.2, 0.25) is 20.1 Å². The number of anilines is 1. The number of ether oxygens (including phenoxy) is 2. The number of hydrazone groups is 1. The van der Waals surface area contributed by atoms with E-state index in [1.54, 1.807) is 48.7 Å². The van der Waals surface area contributed by atoms with Crippen molar-refractivity contribution in [2.45, 2.75) is 0 Å². The van der Waals surface area contributed by atoms with Gasteiger partial charge in [0.15, 0.2) is 11.5 Å². The number of methoxy groups -OCH3 is 1. The van der Waals surface area contributed by atoms with E-state index in [4.69, 9.17) is 55.9 Å². The summed E-state index contributed by atoms with van der Waals surface area (Å²) in [6.45, 7) is 0. The molecule has 0 spiro atoms. The lowest BCUT2D eigenvalue weighted by Gasteiger charge is -2.10. The molecule has 0 aliphatic rings. The van der Waals surface area contributed by atoms with Crippen molar-refractivity contribution in [1.82, 2.24) is 0 Å². The zero-order chi connectivity index (χ0) is 21.7. The van der Waals surface area contributed by atoms with E-state index in [1.807, 2.05) is 0 Å². The second-order valence-electron chi connectivity index (χ2n) is 5.92. The first-order valence-electron chi connectivity index (χ1n) is 8.47. The Bertz CT molecular complexity index is 1120. The van der Waals surface area contributed by atoms with Gasteiger partial charge in [0.2, 0.25) is 0 Å². The average Bonchev–Trinajstić information content (AvgIpc) is 2.71. The first-order chi connectivity index (χ1) is 14.4. The zero-order valence-corrected chi connectivity index (χ0v) is 18.5. The van der Waals surface area contributed by atoms with Crippen LogP contribution in [0.5, 0.6) is 11.5 Å². The van der Waals surface area contributed by atoms with E-state index >= 15 is 0 Å². The molecule has 9 heteroatoms. The van der Waals surface area contributed by atoms with E-state index in [1.165, 1.54) is 19.2 Å². The molecule has 154 valence electrons. The fourth-order valence-electron chi connectivity index (χ4n) is 2.41. The number of benzene rings is 3. The van der Waals surface area contributed by atoms with Crippen LogP contribution < -0.4 is 14.9 Å². The molecule has 0 bridgehead atoms. The summed E-state index contributed by atoms with van der Waals surface area (Å²) in [5.74, 6) is -0.0345. The van der Waals surface area contributed by atoms with Crippen LogP contribution in [0.4, 0.5) is 5.69 Å². The van der Waals surface area contributed by atoms with E-state index in [9.17, 15) is 4.79 Å². The van der Waals surface area contributed by atoms with Gasteiger partial charge in [-0.2, -0.15) is 5.10 Å². The number of nitrogens with zero attached hydrogens (tertiary/aromatic N) is 1. The first kappa shape index (κ1) is 22.2. The van der Waals surface area contributed by atoms with E-state index in [0.717, 1.165) is 0 Å². The molecule has 0 amide bonds. The highest BCUT2D eigenvalue weighted by Crippen LogP contribution is 2.30. The molecule has 0 aromatic heterocycles. The van der Waals surface area contributed by atoms with E-state index in [2.05, 4.69) is 10.5 Å². The van der Waals surface area contributed by atoms with Gasteiger partial charge in [-0.05, 0) is 60.2 Å². The monoisotopic (exact) mass is 482 g/mol. The van der Waals surface area contributed by atoms with Crippen LogP contribution in [-0.2, 0) is 0 Å². The normalized spacial score (nSPS) is 10.8. The Labute approximate surface area is 193 Å². The van der Waals surface area contributed by atoms with Gasteiger partial charge < -0.3 is 9.47 Å². The number of rotatable bonds is 6. The van der Waals surface area contributed by atoms with Crippen LogP contribution in [0.1, 0.15) is 15.9 Å². The van der Waals surface area contributed by atoms with Crippen LogP contribution in [0.15, 0.2) is 59.7 Å². The molecule has 0 saturated carbocycles. The topological polar surface area (TPSA) is 59.9 Å². The van der Waals surface area contributed by atoms with Crippen molar-refractivity contribution in [1.29, 1.82) is 0 Å². The smallest absolute Gasteiger partial charge is 0.345 e. The Balaban J connectivity index is 1.72. The van der Waals surface area contributed by atoms with Gasteiger partial charge in [-0.3, -0.25) is 5.43 Å². The Morgan fingerprint density at radius 3 is 2.40 bits per heavy atom. The number of nitrogens with one attached hydrogen (secondary N) is 1. The summed E-state index contributed by atoms with van der Waals surface area (Å²) in [4.78, 5) is 12.4. The third-order valence-corrected chi connectivity index (χ3v) is 5.16. The highest BCUT2D eigenvalue weighted by Gasteiger charge is 2.16. The minimum Gasteiger partial charge on any atom is -0.493 e. The lowest BCUT2D eigenvalue weighted by atomic mass is 10.2. The van der Waals surface area contributed by atoms with Crippen molar-refractivity contribution in [3.05, 3.63) is 85.8 Å². The summed E-state index contributed by atoms with van der Waals surface area (Å²) >= 11 is 23.8. The van der Waals surface area contributed by atoms with Crippen molar-refractivity contribution in [3.8, 4) is 11.5 Å². The molecule has 0 atom stereocenters. The van der Waals surface area contributed by atoms with Gasteiger partial charge in [-0.25, -0.2) is 4.79 Å². The molecule has 0 aliphatic carbocycles. The van der Waals surface area contributed by atoms with Crippen LogP contribution in [0.25, 0.3) is 0 Å². The van der Waals surface area contributed by atoms with E-state index in [-0.39, 0.29) is 16.3 Å². The Morgan fingerprint density at radius 2 is 1.70 bits per heavy atom. The van der Waals surface area contributed by atoms with E-state index < -0.39 is 5.97 Å². The van der Waals surface area contributed by atoms with Gasteiger partial charge >= 0.3 is 5.97 Å². The second kappa shape index (κ2) is 10.0. The number of hydrogen-bond acceptors (Lipinski definition) is 5. The molecule has 0 aliphatic heterocycles. The van der Waals surface area contributed by atoms with Gasteiger partial charge in [0.25, 0.3) is 0 Å². The predicted molar refractivity (Wildman–Crippen MR) is 122 cm³/mol. The van der Waals surface area contributed by atoms with Crippen LogP contribution >= 0.6 is 46.4 Å². The predicted octanol–water partition coefficient (Wildman–Crippen LogP) is 6.97. The molecule has 5 nitrogen and oxygen atoms in total. The lowest BCUT2D eigenvalue weighted by Crippen LogP contribution is -2.10. The molecule has 3 rings (SSSR count). The van der Waals surface area contributed by atoms with Gasteiger partial charge in [0.05, 0.1) is 39.6 Å². The molecular formula is C21H14Cl4N2O3. The molecule has 0 saturated heterocycles. The molecule has 0 fully saturated rings. The lowest BCUT2D eigenvalue weighted by molar-refractivity contribution is 0.0730. The summed E-state index contributed by atoms with van der Waals surface area (Å²) in [5, 5.41) is 5.65. The highest BCUT2D eigenvalue weighted by molar-refractivity contribution is 6.42. The molecule has 0 heterocycles. The van der Waals surface area contributed by atoms with Gasteiger partial charge in [-0.1, -0.05) is 46.4 Å². The third kappa shape index (κ3) is 5.58. The first-order valence-corrected chi connectivity index (χ1v) is 9.98. The summed E-state index contributed by atoms with van der Waals surface area (Å²) < 4.78 is 10.7. The highest BCUT2D eigenvalue weighted by atomic mass is 35.5. The summed E-state index contributed by atoms with van der Waals surface area (Å²) in [5.41, 5.74) is 4.44. The maximum absolute atomic E-state index is 12.4. The third-order valence-electron chi connectivity index (χ3n) is 3.87. The van der Waals surface area contributed by atoms with Crippen molar-refractivity contribution < 1.29 is 14.3 Å². The average molecular weight is 484 g/mol. The molecule has 0 radical (unpaired) electrons. The van der Waals surface area contributed by atoms with Crippen LogP contribution in [0.3, 0.4) is 0 Å². The number of carbonyl (C=O) groups excluding carboxylic acids is 1. The van der Waals surface area contributed by atoms with Gasteiger partial charge in [-0.15, -0.1) is 0 Å². The Hall–Kier alpha value is -2.44. The molecule has 30 heavy (non-hydrogen) atoms. The Kier molecular flexibility index (Phi) is 7.45. The maximum Gasteiger partial charge on any atom is 0.345 e. The Morgan fingerprint density at radius 1 is 0.900 bits per heavy atom. The zero-order valence-electron chi connectivity index (χ0n) is 15.5. The van der Waals surface area contributed by atoms with Gasteiger partial charge in [0.1, 0.15) is 0 Å². The van der Waals surface area contributed by atoms with Crippen LogP contribution in [0, 0.1) is 0 Å². The van der Waals surface area contributed by atoms with Crippen molar-refractivity contribution in [3.63, 3.8) is 0 Å². The molecule has 3 aromatic carbocycles. The molecular weight excluding hydrogens is 470 g/mol. The largest absolute Gasteiger partial charge is 0.493 e. The maximum atomic E-state index is 12.4. The fourth-order valence-corrected chi connectivity index (χ4v) is 3.19. The number of esters is 1. The minimum atomic E-state index is -0.627. The van der Waals surface area contributed by atoms with Crippen molar-refractivity contribution in [2.24, 2.45) is 5.10 Å². The number of halogens is 4. The molecule has 3 aromatic rings. The van der Waals surface area contributed by atoms with Crippen molar-refractivity contribution in [2.75, 3.05) is 12.5 Å². The molecule has 1 N–H and O–H groups in total. The molecule has 0 unspecified atom stereocenters. The van der Waals surface area contributed by atoms with Gasteiger partial charge in [0, 0.05) is 5.02 Å². The summed E-state index contributed by atoms with van der Waals surface area (Å²) in [6.07, 6.45) is 1.58. The standard InChI is InChI=1S/C21H14Cl4N2O3/c1-29-20-8-12(11-26-27-14-4-6-16(23)18(25)10-14)2-7-19(20)30-21(28)15-5-3-13(22)9-17(15)24/h2-11,27H,1H3. The minimum absolute atomic E-state index is 0.194. The SMILES string of the molecule is COc1cc(C=NNc2ccc(Cl)c(Cl)c2)ccc1OC(=O)c1ccc(Cl)cc1Cl. The fraction of sp³-hybridized carbons (Fsp3) is 0.0476. The van der Waals surface area contributed by atoms with Crippen molar-refractivity contribution >= 4 is 64.3 Å².